The Kier molecular flexibility index (Phi) is 1.71. The first-order valence-electron chi connectivity index (χ1n) is 5.11. The molecular formula is C12H11N3. The number of benzene rings is 1. The summed E-state index contributed by atoms with van der Waals surface area (Å²) in [6, 6.07) is 8.20. The lowest BCUT2D eigenvalue weighted by molar-refractivity contribution is 0.957. The van der Waals surface area contributed by atoms with Crippen molar-refractivity contribution in [1.82, 2.24) is 15.0 Å². The summed E-state index contributed by atoms with van der Waals surface area (Å²) in [5.41, 5.74) is 2.05. The first-order chi connectivity index (χ1) is 7.38. The predicted octanol–water partition coefficient (Wildman–Crippen LogP) is 2.67. The van der Waals surface area contributed by atoms with E-state index in [1.807, 2.05) is 18.3 Å². The molecule has 1 aromatic carbocycles. The molecule has 2 aromatic heterocycles. The van der Waals surface area contributed by atoms with Gasteiger partial charge in [0.1, 0.15) is 11.5 Å². The molecule has 2 heterocycles. The standard InChI is InChI=1S/C12H11N3/c1-2-11-13-7-9-8-5-3-4-6-10(8)14-12(9)15-11/h3-7H,2H2,1H3,(H,13,14,15). The maximum atomic E-state index is 4.46. The van der Waals surface area contributed by atoms with E-state index in [2.05, 4.69) is 34.0 Å². The molecule has 74 valence electrons. The third-order valence-electron chi connectivity index (χ3n) is 2.63. The molecule has 3 rings (SSSR count). The molecule has 0 radical (unpaired) electrons. The summed E-state index contributed by atoms with van der Waals surface area (Å²) < 4.78 is 0. The van der Waals surface area contributed by atoms with Crippen LogP contribution in [-0.4, -0.2) is 15.0 Å². The Morgan fingerprint density at radius 1 is 1.20 bits per heavy atom. The van der Waals surface area contributed by atoms with Gasteiger partial charge in [-0.1, -0.05) is 25.1 Å². The molecule has 0 aliphatic rings. The largest absolute Gasteiger partial charge is 0.339 e. The minimum Gasteiger partial charge on any atom is -0.339 e. The lowest BCUT2D eigenvalue weighted by Gasteiger charge is -1.93. The molecule has 3 aromatic rings. The fourth-order valence-electron chi connectivity index (χ4n) is 1.84. The number of nitrogens with one attached hydrogen (secondary N) is 1. The Labute approximate surface area is 87.2 Å². The van der Waals surface area contributed by atoms with Crippen molar-refractivity contribution in [2.24, 2.45) is 0 Å². The van der Waals surface area contributed by atoms with Crippen LogP contribution in [0.3, 0.4) is 0 Å². The second-order valence-electron chi connectivity index (χ2n) is 3.57. The number of hydrogen-bond acceptors (Lipinski definition) is 2. The van der Waals surface area contributed by atoms with Gasteiger partial charge in [-0.3, -0.25) is 0 Å². The summed E-state index contributed by atoms with van der Waals surface area (Å²) in [6.07, 6.45) is 2.77. The van der Waals surface area contributed by atoms with Gasteiger partial charge < -0.3 is 4.98 Å². The van der Waals surface area contributed by atoms with Crippen LogP contribution in [0.4, 0.5) is 0 Å². The van der Waals surface area contributed by atoms with Crippen molar-refractivity contribution in [3.05, 3.63) is 36.3 Å². The highest BCUT2D eigenvalue weighted by Crippen LogP contribution is 2.22. The number of aromatic amines is 1. The molecular weight excluding hydrogens is 186 g/mol. The second-order valence-corrected chi connectivity index (χ2v) is 3.57. The van der Waals surface area contributed by atoms with Crippen LogP contribution in [0.25, 0.3) is 21.9 Å². The van der Waals surface area contributed by atoms with Gasteiger partial charge in [0, 0.05) is 28.9 Å². The van der Waals surface area contributed by atoms with Gasteiger partial charge in [-0.2, -0.15) is 0 Å². The molecule has 15 heavy (non-hydrogen) atoms. The first kappa shape index (κ1) is 8.41. The van der Waals surface area contributed by atoms with Crippen LogP contribution in [0, 0.1) is 0 Å². The zero-order valence-corrected chi connectivity index (χ0v) is 8.49. The molecule has 0 aliphatic heterocycles. The molecule has 0 aliphatic carbocycles. The van der Waals surface area contributed by atoms with E-state index in [1.54, 1.807) is 0 Å². The van der Waals surface area contributed by atoms with Crippen LogP contribution < -0.4 is 0 Å². The van der Waals surface area contributed by atoms with E-state index in [1.165, 1.54) is 5.39 Å². The molecule has 0 fully saturated rings. The topological polar surface area (TPSA) is 41.6 Å². The first-order valence-corrected chi connectivity index (χ1v) is 5.11. The van der Waals surface area contributed by atoms with Crippen molar-refractivity contribution >= 4 is 21.9 Å². The zero-order chi connectivity index (χ0) is 10.3. The van der Waals surface area contributed by atoms with Gasteiger partial charge >= 0.3 is 0 Å². The van der Waals surface area contributed by atoms with Gasteiger partial charge in [-0.05, 0) is 6.07 Å². The summed E-state index contributed by atoms with van der Waals surface area (Å²) in [6.45, 7) is 2.06. The van der Waals surface area contributed by atoms with Crippen molar-refractivity contribution in [3.63, 3.8) is 0 Å². The zero-order valence-electron chi connectivity index (χ0n) is 8.49. The Balaban J connectivity index is 2.43. The number of aromatic nitrogens is 3. The van der Waals surface area contributed by atoms with Crippen molar-refractivity contribution in [2.75, 3.05) is 0 Å². The average molecular weight is 197 g/mol. The number of H-pyrrole nitrogens is 1. The van der Waals surface area contributed by atoms with Gasteiger partial charge in [0.05, 0.1) is 0 Å². The summed E-state index contributed by atoms with van der Waals surface area (Å²) in [5.74, 6) is 0.883. The highest BCUT2D eigenvalue weighted by atomic mass is 14.9. The molecule has 0 unspecified atom stereocenters. The predicted molar refractivity (Wildman–Crippen MR) is 60.8 cm³/mol. The summed E-state index contributed by atoms with van der Waals surface area (Å²) in [4.78, 5) is 12.1. The van der Waals surface area contributed by atoms with Crippen LogP contribution in [0.5, 0.6) is 0 Å². The number of para-hydroxylation sites is 1. The number of aryl methyl sites for hydroxylation is 1. The van der Waals surface area contributed by atoms with Crippen LogP contribution in [-0.2, 0) is 6.42 Å². The van der Waals surface area contributed by atoms with Crippen molar-refractivity contribution < 1.29 is 0 Å². The Morgan fingerprint density at radius 3 is 2.93 bits per heavy atom. The van der Waals surface area contributed by atoms with Gasteiger partial charge in [0.2, 0.25) is 0 Å². The van der Waals surface area contributed by atoms with E-state index < -0.39 is 0 Å². The highest BCUT2D eigenvalue weighted by molar-refractivity contribution is 6.05. The van der Waals surface area contributed by atoms with Gasteiger partial charge in [0.15, 0.2) is 0 Å². The van der Waals surface area contributed by atoms with E-state index in [9.17, 15) is 0 Å². The lowest BCUT2D eigenvalue weighted by Crippen LogP contribution is -1.91. The fourth-order valence-corrected chi connectivity index (χ4v) is 1.84. The van der Waals surface area contributed by atoms with E-state index in [0.717, 1.165) is 28.8 Å². The highest BCUT2D eigenvalue weighted by Gasteiger charge is 2.05. The Morgan fingerprint density at radius 2 is 2.07 bits per heavy atom. The van der Waals surface area contributed by atoms with E-state index in [4.69, 9.17) is 0 Å². The minimum absolute atomic E-state index is 0.866. The van der Waals surface area contributed by atoms with Crippen LogP contribution in [0.2, 0.25) is 0 Å². The van der Waals surface area contributed by atoms with E-state index >= 15 is 0 Å². The van der Waals surface area contributed by atoms with Crippen molar-refractivity contribution in [2.45, 2.75) is 13.3 Å². The van der Waals surface area contributed by atoms with Gasteiger partial charge in [-0.15, -0.1) is 0 Å². The quantitative estimate of drug-likeness (QED) is 0.651. The molecule has 0 saturated heterocycles. The second kappa shape index (κ2) is 3.05. The molecule has 0 atom stereocenters. The third-order valence-corrected chi connectivity index (χ3v) is 2.63. The maximum Gasteiger partial charge on any atom is 0.142 e. The van der Waals surface area contributed by atoms with Crippen molar-refractivity contribution in [3.8, 4) is 0 Å². The van der Waals surface area contributed by atoms with Crippen LogP contribution in [0.1, 0.15) is 12.7 Å². The van der Waals surface area contributed by atoms with E-state index in [-0.39, 0.29) is 0 Å². The summed E-state index contributed by atoms with van der Waals surface area (Å²) in [5, 5.41) is 2.29. The maximum absolute atomic E-state index is 4.46. The SMILES string of the molecule is CCc1ncc2c(n1)[nH]c1ccccc12. The molecule has 0 spiro atoms. The Hall–Kier alpha value is -1.90. The molecule has 0 bridgehead atoms. The molecule has 3 nitrogen and oxygen atoms in total. The van der Waals surface area contributed by atoms with Crippen LogP contribution in [0.15, 0.2) is 30.5 Å². The number of rotatable bonds is 1. The molecule has 1 N–H and O–H groups in total. The average Bonchev–Trinajstić information content (AvgIpc) is 2.66. The molecule has 3 heteroatoms. The number of fused-ring (bicyclic) bond motifs is 3. The molecule has 0 saturated carbocycles. The Bertz CT molecular complexity index is 625. The molecule has 0 amide bonds. The normalized spacial score (nSPS) is 11.3. The fraction of sp³-hybridized carbons (Fsp3) is 0.167. The van der Waals surface area contributed by atoms with E-state index in [0.29, 0.717) is 0 Å². The van der Waals surface area contributed by atoms with Crippen molar-refractivity contribution in [1.29, 1.82) is 0 Å². The summed E-state index contributed by atoms with van der Waals surface area (Å²) in [7, 11) is 0. The monoisotopic (exact) mass is 197 g/mol. The number of hydrogen-bond donors (Lipinski definition) is 1. The smallest absolute Gasteiger partial charge is 0.142 e. The van der Waals surface area contributed by atoms with Crippen LogP contribution >= 0.6 is 0 Å². The van der Waals surface area contributed by atoms with Gasteiger partial charge in [-0.25, -0.2) is 9.97 Å². The van der Waals surface area contributed by atoms with Gasteiger partial charge in [0.25, 0.3) is 0 Å². The third kappa shape index (κ3) is 1.20. The lowest BCUT2D eigenvalue weighted by atomic mass is 10.2. The summed E-state index contributed by atoms with van der Waals surface area (Å²) >= 11 is 0. The number of nitrogens with zero attached hydrogens (tertiary/aromatic N) is 2. The minimum atomic E-state index is 0.866.